The highest BCUT2D eigenvalue weighted by molar-refractivity contribution is 6.07. The number of benzene rings is 6. The van der Waals surface area contributed by atoms with Gasteiger partial charge >= 0.3 is 0 Å². The summed E-state index contributed by atoms with van der Waals surface area (Å²) in [7, 11) is 0. The lowest BCUT2D eigenvalue weighted by Gasteiger charge is -2.24. The van der Waals surface area contributed by atoms with E-state index < -0.39 is 0 Å². The van der Waals surface area contributed by atoms with Gasteiger partial charge in [0.2, 0.25) is 0 Å². The van der Waals surface area contributed by atoms with Gasteiger partial charge < -0.3 is 5.11 Å². The van der Waals surface area contributed by atoms with E-state index in [4.69, 9.17) is 15.0 Å². The second kappa shape index (κ2) is 14.6. The van der Waals surface area contributed by atoms with Crippen molar-refractivity contribution < 1.29 is 5.11 Å². The fourth-order valence-electron chi connectivity index (χ4n) is 8.57. The molecule has 0 aliphatic carbocycles. The van der Waals surface area contributed by atoms with E-state index in [1.807, 2.05) is 36.5 Å². The minimum absolute atomic E-state index is 0.178. The van der Waals surface area contributed by atoms with Crippen LogP contribution in [0, 0.1) is 0 Å². The Morgan fingerprint density at radius 1 is 0.492 bits per heavy atom. The lowest BCUT2D eigenvalue weighted by Crippen LogP contribution is -2.09. The third-order valence-electron chi connectivity index (χ3n) is 11.5. The minimum Gasteiger partial charge on any atom is -0.507 e. The fourth-order valence-corrected chi connectivity index (χ4v) is 8.57. The number of aromatic nitrogens is 5. The molecule has 0 saturated heterocycles. The Kier molecular flexibility index (Phi) is 8.90. The van der Waals surface area contributed by atoms with Crippen LogP contribution in [0.2, 0.25) is 0 Å². The third kappa shape index (κ3) is 6.16. The van der Waals surface area contributed by atoms with E-state index in [1.54, 1.807) is 6.07 Å². The van der Waals surface area contributed by atoms with Crippen molar-refractivity contribution in [3.05, 3.63) is 181 Å². The van der Waals surface area contributed by atoms with Crippen molar-refractivity contribution in [2.75, 3.05) is 0 Å². The number of hydrogen-bond donors (Lipinski definition) is 1. The Bertz CT molecular complexity index is 3090. The molecule has 0 fully saturated rings. The van der Waals surface area contributed by atoms with Crippen molar-refractivity contribution in [2.45, 2.75) is 39.5 Å². The summed E-state index contributed by atoms with van der Waals surface area (Å²) in [5.74, 6) is 2.00. The smallest absolute Gasteiger partial charge is 0.149 e. The lowest BCUT2D eigenvalue weighted by atomic mass is 9.87. The number of rotatable bonds is 8. The normalized spacial score (nSPS) is 11.8. The van der Waals surface area contributed by atoms with Gasteiger partial charge in [0, 0.05) is 22.5 Å². The van der Waals surface area contributed by atoms with Crippen LogP contribution in [0.25, 0.3) is 89.4 Å². The molecule has 6 heteroatoms. The SMILES string of the molecule is CC(C)c1cc(-c2ccc(-c3ccccc3)cc2)cc(C(C)C)c1-n1c(-c2ccccc2O)nc2c(-c3cccc(-n4c5ccccc5c5cccnc54)n3)cccc21. The molecule has 59 heavy (non-hydrogen) atoms. The molecule has 6 aromatic carbocycles. The molecule has 0 atom stereocenters. The van der Waals surface area contributed by atoms with E-state index in [-0.39, 0.29) is 17.6 Å². The summed E-state index contributed by atoms with van der Waals surface area (Å²) in [6.45, 7) is 9.03. The van der Waals surface area contributed by atoms with Crippen molar-refractivity contribution in [3.63, 3.8) is 0 Å². The van der Waals surface area contributed by atoms with Gasteiger partial charge in [-0.1, -0.05) is 131 Å². The summed E-state index contributed by atoms with van der Waals surface area (Å²) < 4.78 is 4.42. The first kappa shape index (κ1) is 36.1. The first-order valence-electron chi connectivity index (χ1n) is 20.3. The van der Waals surface area contributed by atoms with Crippen molar-refractivity contribution in [1.82, 2.24) is 24.1 Å². The molecule has 0 radical (unpaired) electrons. The van der Waals surface area contributed by atoms with Crippen molar-refractivity contribution in [2.24, 2.45) is 0 Å². The predicted molar refractivity (Wildman–Crippen MR) is 243 cm³/mol. The monoisotopic (exact) mass is 765 g/mol. The zero-order valence-electron chi connectivity index (χ0n) is 33.5. The Morgan fingerprint density at radius 3 is 1.85 bits per heavy atom. The van der Waals surface area contributed by atoms with Gasteiger partial charge in [0.15, 0.2) is 0 Å². The van der Waals surface area contributed by atoms with Crippen molar-refractivity contribution in [3.8, 4) is 62.2 Å². The van der Waals surface area contributed by atoms with Crippen LogP contribution < -0.4 is 0 Å². The molecule has 10 aromatic rings. The molecule has 10 rings (SSSR count). The summed E-state index contributed by atoms with van der Waals surface area (Å²) in [4.78, 5) is 15.6. The summed E-state index contributed by atoms with van der Waals surface area (Å²) in [6.07, 6.45) is 1.83. The Labute approximate surface area is 343 Å². The zero-order chi connectivity index (χ0) is 40.2. The van der Waals surface area contributed by atoms with Crippen LogP contribution in [0.15, 0.2) is 170 Å². The van der Waals surface area contributed by atoms with Gasteiger partial charge in [0.1, 0.15) is 23.0 Å². The molecule has 0 spiro atoms. The fraction of sp³-hybridized carbons (Fsp3) is 0.113. The van der Waals surface area contributed by atoms with E-state index in [0.29, 0.717) is 11.4 Å². The molecule has 1 N–H and O–H groups in total. The largest absolute Gasteiger partial charge is 0.507 e. The minimum atomic E-state index is 0.178. The summed E-state index contributed by atoms with van der Waals surface area (Å²) in [5.41, 5.74) is 14.3. The Balaban J connectivity index is 1.19. The number of para-hydroxylation sites is 3. The summed E-state index contributed by atoms with van der Waals surface area (Å²) in [6, 6.07) is 56.5. The number of fused-ring (bicyclic) bond motifs is 4. The van der Waals surface area contributed by atoms with Crippen molar-refractivity contribution in [1.29, 1.82) is 0 Å². The van der Waals surface area contributed by atoms with Gasteiger partial charge in [-0.3, -0.25) is 9.13 Å². The third-order valence-corrected chi connectivity index (χ3v) is 11.5. The van der Waals surface area contributed by atoms with E-state index in [0.717, 1.165) is 55.7 Å². The zero-order valence-corrected chi connectivity index (χ0v) is 33.5. The predicted octanol–water partition coefficient (Wildman–Crippen LogP) is 13.5. The van der Waals surface area contributed by atoms with Crippen LogP contribution in [0.4, 0.5) is 0 Å². The van der Waals surface area contributed by atoms with Gasteiger partial charge in [0.25, 0.3) is 0 Å². The van der Waals surface area contributed by atoms with Gasteiger partial charge in [-0.2, -0.15) is 0 Å². The molecule has 0 aliphatic heterocycles. The van der Waals surface area contributed by atoms with E-state index in [2.05, 4.69) is 164 Å². The maximum absolute atomic E-state index is 11.4. The van der Waals surface area contributed by atoms with Crippen LogP contribution in [-0.2, 0) is 0 Å². The van der Waals surface area contributed by atoms with Crippen molar-refractivity contribution >= 4 is 33.0 Å². The molecule has 6 nitrogen and oxygen atoms in total. The van der Waals surface area contributed by atoms with Crippen LogP contribution in [0.3, 0.4) is 0 Å². The number of hydrogen-bond acceptors (Lipinski definition) is 4. The van der Waals surface area contributed by atoms with E-state index in [1.165, 1.54) is 33.4 Å². The molecule has 4 aromatic heterocycles. The summed E-state index contributed by atoms with van der Waals surface area (Å²) in [5, 5.41) is 13.7. The average Bonchev–Trinajstić information content (AvgIpc) is 3.83. The van der Waals surface area contributed by atoms with Gasteiger partial charge in [-0.05, 0) is 106 Å². The second-order valence-corrected chi connectivity index (χ2v) is 15.8. The highest BCUT2D eigenvalue weighted by Crippen LogP contribution is 2.43. The topological polar surface area (TPSA) is 68.8 Å². The molecule has 0 amide bonds. The standard InChI is InChI=1S/C53H43N5O/c1-33(2)43-31-38(37-28-26-36(27-29-37)35-15-6-5-7-16-35)32-44(34(3)4)51(43)58-47-23-12-19-41(50(47)56-53(58)42-18-9-11-24-48(42)59)45-21-13-25-49(55-45)57-46-22-10-8-17-39(46)40-20-14-30-54-52(40)57/h5-34,59H,1-4H3. The first-order valence-corrected chi connectivity index (χ1v) is 20.3. The van der Waals surface area contributed by atoms with Crippen LogP contribution >= 0.6 is 0 Å². The second-order valence-electron chi connectivity index (χ2n) is 15.8. The molecular weight excluding hydrogens is 723 g/mol. The maximum atomic E-state index is 11.4. The molecule has 0 aliphatic rings. The van der Waals surface area contributed by atoms with E-state index in [9.17, 15) is 5.11 Å². The van der Waals surface area contributed by atoms with Crippen LogP contribution in [-0.4, -0.2) is 29.2 Å². The van der Waals surface area contributed by atoms with Gasteiger partial charge in [0.05, 0.1) is 33.5 Å². The first-order chi connectivity index (χ1) is 28.9. The highest BCUT2D eigenvalue weighted by atomic mass is 16.3. The average molecular weight is 766 g/mol. The number of aromatic hydroxyl groups is 1. The maximum Gasteiger partial charge on any atom is 0.149 e. The lowest BCUT2D eigenvalue weighted by molar-refractivity contribution is 0.477. The number of phenols is 1. The molecule has 0 unspecified atom stereocenters. The van der Waals surface area contributed by atoms with Crippen LogP contribution in [0.5, 0.6) is 5.75 Å². The Morgan fingerprint density at radius 2 is 1.10 bits per heavy atom. The molecule has 0 bridgehead atoms. The molecular formula is C53H43N5O. The number of pyridine rings is 2. The summed E-state index contributed by atoms with van der Waals surface area (Å²) >= 11 is 0. The van der Waals surface area contributed by atoms with E-state index >= 15 is 0 Å². The molecule has 286 valence electrons. The van der Waals surface area contributed by atoms with Crippen LogP contribution in [0.1, 0.15) is 50.7 Å². The molecule has 0 saturated carbocycles. The number of phenolic OH excluding ortho intramolecular Hbond substituents is 1. The van der Waals surface area contributed by atoms with Gasteiger partial charge in [-0.15, -0.1) is 0 Å². The number of nitrogens with zero attached hydrogens (tertiary/aromatic N) is 5. The number of imidazole rings is 1. The highest BCUT2D eigenvalue weighted by Gasteiger charge is 2.26. The Hall–Kier alpha value is -7.31. The quantitative estimate of drug-likeness (QED) is 0.167. The van der Waals surface area contributed by atoms with Gasteiger partial charge in [-0.25, -0.2) is 15.0 Å². The molecule has 4 heterocycles.